The molecule has 9 nitrogen and oxygen atoms in total. The summed E-state index contributed by atoms with van der Waals surface area (Å²) < 4.78 is 54.8. The fraction of sp³-hybridized carbons (Fsp3) is 0.429. The predicted molar refractivity (Wildman–Crippen MR) is 78.9 cm³/mol. The fourth-order valence-corrected chi connectivity index (χ4v) is 2.27. The van der Waals surface area contributed by atoms with Crippen LogP contribution in [-0.4, -0.2) is 45.4 Å². The van der Waals surface area contributed by atoms with Crippen LogP contribution >= 0.6 is 0 Å². The molecule has 0 N–H and O–H groups in total. The van der Waals surface area contributed by atoms with Gasteiger partial charge in [-0.1, -0.05) is 0 Å². The minimum atomic E-state index is -4.50. The topological polar surface area (TPSA) is 102 Å². The van der Waals surface area contributed by atoms with Crippen LogP contribution in [0.25, 0.3) is 0 Å². The number of pyridine rings is 1. The van der Waals surface area contributed by atoms with Crippen molar-refractivity contribution in [2.45, 2.75) is 18.8 Å². The van der Waals surface area contributed by atoms with Gasteiger partial charge in [0, 0.05) is 4.98 Å². The number of rotatable bonds is 6. The molecule has 0 saturated heterocycles. The lowest BCUT2D eigenvalue weighted by Gasteiger charge is -2.22. The quantitative estimate of drug-likeness (QED) is 0.433. The van der Waals surface area contributed by atoms with Gasteiger partial charge in [0.15, 0.2) is 0 Å². The van der Waals surface area contributed by atoms with Gasteiger partial charge >= 0.3 is 18.0 Å². The lowest BCUT2D eigenvalue weighted by molar-refractivity contribution is -0.389. The zero-order chi connectivity index (χ0) is 18.7. The van der Waals surface area contributed by atoms with Crippen molar-refractivity contribution in [2.24, 2.45) is 0 Å². The van der Waals surface area contributed by atoms with E-state index in [0.717, 1.165) is 12.3 Å². The first-order valence-corrected chi connectivity index (χ1v) is 7.45. The minimum absolute atomic E-state index is 0.0977. The molecule has 0 bridgehead atoms. The molecule has 0 aromatic carbocycles. The number of nitrogens with zero attached hydrogens (tertiary/aromatic N) is 4. The third kappa shape index (κ3) is 4.20. The van der Waals surface area contributed by atoms with Gasteiger partial charge in [0.25, 0.3) is 0 Å². The van der Waals surface area contributed by atoms with Crippen molar-refractivity contribution in [3.8, 4) is 11.8 Å². The van der Waals surface area contributed by atoms with Gasteiger partial charge in [0.1, 0.15) is 37.0 Å². The normalized spacial score (nSPS) is 16.7. The van der Waals surface area contributed by atoms with Crippen LogP contribution in [0.15, 0.2) is 24.5 Å². The number of aromatic nitrogens is 3. The monoisotopic (exact) mass is 374 g/mol. The summed E-state index contributed by atoms with van der Waals surface area (Å²) in [4.78, 5) is 17.1. The molecule has 0 radical (unpaired) electrons. The predicted octanol–water partition coefficient (Wildman–Crippen LogP) is 2.06. The van der Waals surface area contributed by atoms with Crippen molar-refractivity contribution < 1.29 is 32.3 Å². The van der Waals surface area contributed by atoms with Crippen LogP contribution in [0.5, 0.6) is 11.8 Å². The summed E-state index contributed by atoms with van der Waals surface area (Å²) in [7, 11) is 0. The highest BCUT2D eigenvalue weighted by atomic mass is 19.4. The summed E-state index contributed by atoms with van der Waals surface area (Å²) in [5.74, 6) is -0.118. The van der Waals surface area contributed by atoms with Gasteiger partial charge in [0.05, 0.1) is 19.3 Å². The molecular weight excluding hydrogens is 361 g/mol. The Balaban J connectivity index is 1.43. The average Bonchev–Trinajstić information content (AvgIpc) is 3.02. The number of ether oxygens (including phenoxy) is 3. The van der Waals surface area contributed by atoms with Crippen LogP contribution in [0.2, 0.25) is 0 Å². The molecule has 12 heteroatoms. The number of fused-ring (bicyclic) bond motifs is 1. The molecule has 0 spiro atoms. The van der Waals surface area contributed by atoms with E-state index < -0.39 is 16.8 Å². The van der Waals surface area contributed by atoms with Crippen LogP contribution in [0, 0.1) is 10.1 Å². The second kappa shape index (κ2) is 7.15. The van der Waals surface area contributed by atoms with Crippen molar-refractivity contribution in [1.29, 1.82) is 0 Å². The van der Waals surface area contributed by atoms with E-state index in [-0.39, 0.29) is 43.5 Å². The average molecular weight is 374 g/mol. The molecule has 1 aliphatic rings. The Morgan fingerprint density at radius 3 is 2.85 bits per heavy atom. The number of nitro groups is 1. The molecule has 0 unspecified atom stereocenters. The number of alkyl halides is 3. The molecule has 26 heavy (non-hydrogen) atoms. The molecule has 3 heterocycles. The zero-order valence-corrected chi connectivity index (χ0v) is 13.2. The molecule has 1 aliphatic heterocycles. The van der Waals surface area contributed by atoms with Crippen molar-refractivity contribution in [1.82, 2.24) is 14.5 Å². The molecule has 0 aliphatic carbocycles. The van der Waals surface area contributed by atoms with E-state index in [1.165, 1.54) is 16.8 Å². The number of halogens is 3. The van der Waals surface area contributed by atoms with Crippen LogP contribution in [0.4, 0.5) is 19.0 Å². The van der Waals surface area contributed by atoms with E-state index in [4.69, 9.17) is 14.2 Å². The highest BCUT2D eigenvalue weighted by Crippen LogP contribution is 2.28. The number of hydrogen-bond donors (Lipinski definition) is 0. The van der Waals surface area contributed by atoms with Crippen molar-refractivity contribution in [3.63, 3.8) is 0 Å². The largest absolute Gasteiger partial charge is 0.490 e. The Kier molecular flexibility index (Phi) is 4.93. The van der Waals surface area contributed by atoms with Crippen LogP contribution in [0.3, 0.4) is 0 Å². The van der Waals surface area contributed by atoms with Gasteiger partial charge < -0.3 is 24.3 Å². The summed E-state index contributed by atoms with van der Waals surface area (Å²) in [6, 6.07) is 2.17. The molecule has 0 saturated carbocycles. The van der Waals surface area contributed by atoms with E-state index in [1.807, 2.05) is 0 Å². The summed E-state index contributed by atoms with van der Waals surface area (Å²) in [6.45, 7) is 0.760. The van der Waals surface area contributed by atoms with E-state index in [0.29, 0.717) is 6.54 Å². The minimum Gasteiger partial charge on any atom is -0.490 e. The lowest BCUT2D eigenvalue weighted by atomic mass is 10.3. The van der Waals surface area contributed by atoms with Gasteiger partial charge in [-0.25, -0.2) is 4.98 Å². The number of hydrogen-bond acceptors (Lipinski definition) is 7. The molecule has 140 valence electrons. The zero-order valence-electron chi connectivity index (χ0n) is 13.2. The maximum Gasteiger partial charge on any atom is 0.433 e. The highest BCUT2D eigenvalue weighted by molar-refractivity contribution is 5.22. The molecule has 2 aromatic rings. The lowest BCUT2D eigenvalue weighted by Crippen LogP contribution is -2.33. The van der Waals surface area contributed by atoms with Crippen molar-refractivity contribution in [3.05, 3.63) is 40.3 Å². The Hall–Kier alpha value is -2.89. The van der Waals surface area contributed by atoms with E-state index in [9.17, 15) is 23.3 Å². The molecule has 0 amide bonds. The fourth-order valence-electron chi connectivity index (χ4n) is 2.27. The second-order valence-corrected chi connectivity index (χ2v) is 5.32. The SMILES string of the molecule is O=[N+]([O-])c1cn2c(n1)OC[C@@H](OCCOc1ccc(C(F)(F)F)nc1)C2. The third-order valence-electron chi connectivity index (χ3n) is 3.45. The van der Waals surface area contributed by atoms with E-state index >= 15 is 0 Å². The maximum atomic E-state index is 12.4. The van der Waals surface area contributed by atoms with Gasteiger partial charge in [-0.2, -0.15) is 13.2 Å². The second-order valence-electron chi connectivity index (χ2n) is 5.32. The Morgan fingerprint density at radius 1 is 1.38 bits per heavy atom. The smallest absolute Gasteiger partial charge is 0.433 e. The number of imidazole rings is 1. The molecule has 0 fully saturated rings. The summed E-state index contributed by atoms with van der Waals surface area (Å²) in [5.41, 5.74) is -0.995. The van der Waals surface area contributed by atoms with Crippen LogP contribution in [0.1, 0.15) is 5.69 Å². The molecule has 1 atom stereocenters. The van der Waals surface area contributed by atoms with Crippen molar-refractivity contribution >= 4 is 5.82 Å². The summed E-state index contributed by atoms with van der Waals surface area (Å²) >= 11 is 0. The van der Waals surface area contributed by atoms with Gasteiger partial charge in [-0.3, -0.25) is 4.57 Å². The maximum absolute atomic E-state index is 12.4. The van der Waals surface area contributed by atoms with E-state index in [2.05, 4.69) is 9.97 Å². The summed E-state index contributed by atoms with van der Waals surface area (Å²) in [5, 5.41) is 10.7. The molecule has 3 rings (SSSR count). The Morgan fingerprint density at radius 2 is 2.19 bits per heavy atom. The highest BCUT2D eigenvalue weighted by Gasteiger charge is 2.32. The van der Waals surface area contributed by atoms with Gasteiger partial charge in [0.2, 0.25) is 0 Å². The third-order valence-corrected chi connectivity index (χ3v) is 3.45. The first-order valence-electron chi connectivity index (χ1n) is 7.45. The van der Waals surface area contributed by atoms with Gasteiger partial charge in [-0.15, -0.1) is 0 Å². The van der Waals surface area contributed by atoms with Crippen LogP contribution < -0.4 is 9.47 Å². The standard InChI is InChI=1S/C14H13F3N4O5/c15-14(16,17)11-2-1-9(5-18-11)24-3-4-25-10-6-20-7-12(21(22)23)19-13(20)26-8-10/h1-2,5,7,10H,3-4,6,8H2/t10-/m0/s1. The van der Waals surface area contributed by atoms with E-state index in [1.54, 1.807) is 0 Å². The van der Waals surface area contributed by atoms with Gasteiger partial charge in [-0.05, 0) is 17.1 Å². The molecular formula is C14H13F3N4O5. The van der Waals surface area contributed by atoms with Crippen molar-refractivity contribution in [2.75, 3.05) is 19.8 Å². The van der Waals surface area contributed by atoms with Crippen LogP contribution in [-0.2, 0) is 17.5 Å². The first-order chi connectivity index (χ1) is 12.3. The molecule has 2 aromatic heterocycles. The first kappa shape index (κ1) is 17.9. The Bertz CT molecular complexity index is 778. The Labute approximate surface area is 144 Å². The summed E-state index contributed by atoms with van der Waals surface area (Å²) in [6.07, 6.45) is -2.60.